The first kappa shape index (κ1) is 17.2. The fourth-order valence-corrected chi connectivity index (χ4v) is 0.666. The van der Waals surface area contributed by atoms with Crippen molar-refractivity contribution in [2.24, 2.45) is 0 Å². The summed E-state index contributed by atoms with van der Waals surface area (Å²) in [6.45, 7) is 0. The molecule has 0 fully saturated rings. The van der Waals surface area contributed by atoms with E-state index in [0.29, 0.717) is 0 Å². The Labute approximate surface area is 109 Å². The Kier molecular flexibility index (Phi) is 8.16. The smallest absolute Gasteiger partial charge is 1.00 e. The van der Waals surface area contributed by atoms with Crippen LogP contribution in [0.4, 0.5) is 0 Å². The molecule has 0 spiro atoms. The van der Waals surface area contributed by atoms with Gasteiger partial charge >= 0.3 is 42.9 Å². The number of aliphatic hydroxyl groups excluding tert-OH is 4. The summed E-state index contributed by atoms with van der Waals surface area (Å²) in [5.74, 6) is -3.68. The van der Waals surface area contributed by atoms with Crippen molar-refractivity contribution >= 4 is 11.9 Å². The number of hydrogen-bond acceptors (Lipinski definition) is 6. The largest absolute Gasteiger partial charge is 1.00 e. The van der Waals surface area contributed by atoms with Crippen molar-refractivity contribution in [2.75, 3.05) is 0 Å². The second-order valence-corrected chi connectivity index (χ2v) is 2.55. The first-order chi connectivity index (χ1) is 6.29. The minimum absolute atomic E-state index is 0. The third-order valence-electron chi connectivity index (χ3n) is 1.50. The minimum Gasteiger partial charge on any atom is -1.00 e. The average molecular weight is 235 g/mol. The summed E-state index contributed by atoms with van der Waals surface area (Å²) in [6, 6.07) is 0. The van der Waals surface area contributed by atoms with Gasteiger partial charge in [-0.15, -0.1) is 0 Å². The number of hydrogen-bond donors (Lipinski definition) is 6. The number of rotatable bonds is 5. The molecular formula is C6H12NaO8+. The maximum absolute atomic E-state index is 10.1. The van der Waals surface area contributed by atoms with Gasteiger partial charge in [0.25, 0.3) is 0 Å². The molecule has 84 valence electrons. The van der Waals surface area contributed by atoms with Crippen LogP contribution in [-0.4, -0.2) is 67.0 Å². The molecule has 4 atom stereocenters. The van der Waals surface area contributed by atoms with Crippen molar-refractivity contribution in [2.45, 2.75) is 24.4 Å². The van der Waals surface area contributed by atoms with Crippen molar-refractivity contribution in [3.05, 3.63) is 0 Å². The summed E-state index contributed by atoms with van der Waals surface area (Å²) >= 11 is 0. The van der Waals surface area contributed by atoms with Crippen LogP contribution in [0.25, 0.3) is 0 Å². The summed E-state index contributed by atoms with van der Waals surface area (Å²) < 4.78 is 0. The molecule has 0 aromatic rings. The molecule has 9 heteroatoms. The number of carbonyl (C=O) groups is 2. The summed E-state index contributed by atoms with van der Waals surface area (Å²) in [5.41, 5.74) is 0. The second kappa shape index (κ2) is 7.12. The van der Waals surface area contributed by atoms with E-state index < -0.39 is 36.4 Å². The van der Waals surface area contributed by atoms with Gasteiger partial charge in [0.2, 0.25) is 0 Å². The molecule has 0 aliphatic rings. The summed E-state index contributed by atoms with van der Waals surface area (Å²) in [5, 5.41) is 51.5. The van der Waals surface area contributed by atoms with Crippen LogP contribution in [0.2, 0.25) is 0 Å². The fraction of sp³-hybridized carbons (Fsp3) is 0.667. The van der Waals surface area contributed by atoms with E-state index in [2.05, 4.69) is 0 Å². The first-order valence-corrected chi connectivity index (χ1v) is 3.47. The van der Waals surface area contributed by atoms with Crippen LogP contribution in [-0.2, 0) is 9.59 Å². The molecule has 0 rings (SSSR count). The molecule has 8 nitrogen and oxygen atoms in total. The van der Waals surface area contributed by atoms with Crippen LogP contribution in [0, 0.1) is 0 Å². The molecule has 0 saturated carbocycles. The van der Waals surface area contributed by atoms with E-state index in [1.807, 2.05) is 0 Å². The number of aliphatic hydroxyl groups is 4. The third-order valence-corrected chi connectivity index (χ3v) is 1.50. The van der Waals surface area contributed by atoms with E-state index in [0.717, 1.165) is 0 Å². The normalized spacial score (nSPS) is 18.1. The Bertz CT molecular complexity index is 216. The van der Waals surface area contributed by atoms with Crippen molar-refractivity contribution in [3.8, 4) is 0 Å². The van der Waals surface area contributed by atoms with Gasteiger partial charge in [0.05, 0.1) is 0 Å². The number of carboxylic acid groups (broad SMARTS) is 2. The van der Waals surface area contributed by atoms with Gasteiger partial charge < -0.3 is 32.1 Å². The number of carboxylic acids is 2. The van der Waals surface area contributed by atoms with Gasteiger partial charge in [0, 0.05) is 0 Å². The second-order valence-electron chi connectivity index (χ2n) is 2.55. The van der Waals surface area contributed by atoms with Gasteiger partial charge in [-0.25, -0.2) is 9.59 Å². The van der Waals surface area contributed by atoms with Crippen LogP contribution < -0.4 is 29.6 Å². The maximum atomic E-state index is 10.1. The average Bonchev–Trinajstić information content (AvgIpc) is 2.12. The van der Waals surface area contributed by atoms with Crippen molar-refractivity contribution in [1.29, 1.82) is 0 Å². The van der Waals surface area contributed by atoms with Gasteiger partial charge in [0.1, 0.15) is 12.2 Å². The van der Waals surface area contributed by atoms with Crippen molar-refractivity contribution < 1.29 is 72.6 Å². The van der Waals surface area contributed by atoms with Crippen molar-refractivity contribution in [3.63, 3.8) is 0 Å². The van der Waals surface area contributed by atoms with Crippen LogP contribution >= 0.6 is 0 Å². The molecule has 0 aliphatic heterocycles. The zero-order chi connectivity index (χ0) is 11.5. The fourth-order valence-electron chi connectivity index (χ4n) is 0.666. The molecule has 0 aliphatic carbocycles. The van der Waals surface area contributed by atoms with E-state index in [9.17, 15) is 9.59 Å². The first-order valence-electron chi connectivity index (χ1n) is 3.47. The molecule has 15 heavy (non-hydrogen) atoms. The summed E-state index contributed by atoms with van der Waals surface area (Å²) in [7, 11) is 0. The topological polar surface area (TPSA) is 156 Å². The summed E-state index contributed by atoms with van der Waals surface area (Å²) in [4.78, 5) is 20.2. The Balaban J connectivity index is -0.000000282. The molecule has 0 heterocycles. The van der Waals surface area contributed by atoms with Crippen molar-refractivity contribution in [1.82, 2.24) is 0 Å². The predicted molar refractivity (Wildman–Crippen MR) is 41.5 cm³/mol. The molecule has 0 bridgehead atoms. The van der Waals surface area contributed by atoms with Gasteiger partial charge in [-0.1, -0.05) is 0 Å². The van der Waals surface area contributed by atoms with E-state index in [4.69, 9.17) is 30.6 Å². The molecule has 0 aromatic carbocycles. The van der Waals surface area contributed by atoms with Crippen LogP contribution in [0.1, 0.15) is 2.85 Å². The molecule has 0 saturated heterocycles. The molecule has 0 aromatic heterocycles. The zero-order valence-electron chi connectivity index (χ0n) is 9.81. The van der Waals surface area contributed by atoms with Crippen LogP contribution in [0.3, 0.4) is 0 Å². The maximum Gasteiger partial charge on any atom is 1.00 e. The molecule has 4 unspecified atom stereocenters. The Morgan fingerprint density at radius 3 is 1.20 bits per heavy atom. The number of aliphatic carboxylic acids is 2. The molecule has 0 amide bonds. The van der Waals surface area contributed by atoms with Crippen LogP contribution in [0.5, 0.6) is 0 Å². The standard InChI is InChI=1S/C6H10O8.Na.H/c7-1(3(9)5(11)12)2(8)4(10)6(13)14;;/h1-4,7-10H,(H,11,12)(H,13,14);;/q;+1;-1/p+1. The molecular weight excluding hydrogens is 223 g/mol. The summed E-state index contributed by atoms with van der Waals surface area (Å²) in [6.07, 6.45) is -9.28. The Hall–Kier alpha value is -0.220. The quantitative estimate of drug-likeness (QED) is 0.257. The minimum atomic E-state index is -2.36. The van der Waals surface area contributed by atoms with Gasteiger partial charge in [-0.05, 0) is 0 Å². The van der Waals surface area contributed by atoms with E-state index in [1.165, 1.54) is 0 Å². The Morgan fingerprint density at radius 1 is 0.867 bits per heavy atom. The van der Waals surface area contributed by atoms with E-state index in [-0.39, 0.29) is 32.4 Å². The van der Waals surface area contributed by atoms with Gasteiger partial charge in [-0.3, -0.25) is 0 Å². The van der Waals surface area contributed by atoms with Gasteiger partial charge in [0.15, 0.2) is 12.2 Å². The third kappa shape index (κ3) is 4.89. The van der Waals surface area contributed by atoms with E-state index >= 15 is 0 Å². The van der Waals surface area contributed by atoms with Gasteiger partial charge in [-0.2, -0.15) is 0 Å². The van der Waals surface area contributed by atoms with Crippen LogP contribution in [0.15, 0.2) is 0 Å². The Morgan fingerprint density at radius 2 is 1.07 bits per heavy atom. The molecule has 6 N–H and O–H groups in total. The zero-order valence-corrected chi connectivity index (χ0v) is 9.81. The monoisotopic (exact) mass is 235 g/mol. The SMILES string of the molecule is O=C(O)C(O)C(O)C(O)C(O)C(=O)O.[H+].[H-].[Na+]. The van der Waals surface area contributed by atoms with E-state index in [1.54, 1.807) is 0 Å². The predicted octanol–water partition coefficient (Wildman–Crippen LogP) is -6.17. The molecule has 0 radical (unpaired) electrons.